The third-order valence-corrected chi connectivity index (χ3v) is 7.93. The quantitative estimate of drug-likeness (QED) is 0.315. The highest BCUT2D eigenvalue weighted by molar-refractivity contribution is 14.1. The van der Waals surface area contributed by atoms with Gasteiger partial charge in [0.15, 0.2) is 0 Å². The molecule has 1 aromatic rings. The molecule has 0 aromatic heterocycles. The van der Waals surface area contributed by atoms with Crippen molar-refractivity contribution in [2.24, 2.45) is 5.73 Å². The molecular weight excluding hydrogens is 766 g/mol. The molecule has 0 spiro atoms. The summed E-state index contributed by atoms with van der Waals surface area (Å²) in [6.45, 7) is 0. The van der Waals surface area contributed by atoms with Crippen LogP contribution in [0.4, 0.5) is 0 Å². The molecule has 134 valence electrons. The molecule has 0 aliphatic heterocycles. The smallest absolute Gasteiger partial charge is 0.320 e. The number of aliphatic hydroxyl groups excluding tert-OH is 1. The molecule has 5 nitrogen and oxygen atoms in total. The molecular formula is C15H17I4NO4. The normalized spacial score (nSPS) is 28.4. The lowest BCUT2D eigenvalue weighted by molar-refractivity contribution is -0.138. The first-order valence-corrected chi connectivity index (χ1v) is 11.9. The van der Waals surface area contributed by atoms with Gasteiger partial charge in [-0.05, 0) is 82.1 Å². The molecule has 1 aliphatic rings. The summed E-state index contributed by atoms with van der Waals surface area (Å²) < 4.78 is 8.51. The third-order valence-electron chi connectivity index (χ3n) is 3.83. The van der Waals surface area contributed by atoms with E-state index in [1.807, 2.05) is 12.1 Å². The van der Waals surface area contributed by atoms with Crippen molar-refractivity contribution in [1.82, 2.24) is 0 Å². The number of alkyl halides is 2. The molecule has 0 saturated heterocycles. The zero-order valence-corrected chi connectivity index (χ0v) is 21.1. The van der Waals surface area contributed by atoms with Crippen LogP contribution < -0.4 is 10.5 Å². The average Bonchev–Trinajstić information content (AvgIpc) is 2.48. The van der Waals surface area contributed by atoms with E-state index in [2.05, 4.69) is 90.4 Å². The monoisotopic (exact) mass is 783 g/mol. The summed E-state index contributed by atoms with van der Waals surface area (Å²) >= 11 is 9.01. The fourth-order valence-corrected chi connectivity index (χ4v) is 7.63. The summed E-state index contributed by atoms with van der Waals surface area (Å²) in [7, 11) is 0. The summed E-state index contributed by atoms with van der Waals surface area (Å²) in [5, 5.41) is 19.0. The zero-order valence-electron chi connectivity index (χ0n) is 12.5. The summed E-state index contributed by atoms with van der Waals surface area (Å²) in [5.74, 6) is -0.167. The van der Waals surface area contributed by atoms with Crippen LogP contribution in [0.25, 0.3) is 0 Å². The lowest BCUT2D eigenvalue weighted by Crippen LogP contribution is -2.42. The van der Waals surface area contributed by atoms with Gasteiger partial charge >= 0.3 is 5.97 Å². The minimum absolute atomic E-state index is 0.0753. The largest absolute Gasteiger partial charge is 0.488 e. The highest BCUT2D eigenvalue weighted by Crippen LogP contribution is 2.36. The van der Waals surface area contributed by atoms with Crippen LogP contribution in [0.2, 0.25) is 0 Å². The van der Waals surface area contributed by atoms with Crippen molar-refractivity contribution in [3.63, 3.8) is 0 Å². The number of carboxylic acid groups (broad SMARTS) is 1. The van der Waals surface area contributed by atoms with Crippen molar-refractivity contribution in [2.75, 3.05) is 0 Å². The van der Waals surface area contributed by atoms with Gasteiger partial charge in [-0.25, -0.2) is 0 Å². The Morgan fingerprint density at radius 3 is 2.21 bits per heavy atom. The molecule has 4 N–H and O–H groups in total. The Balaban J connectivity index is 2.12. The van der Waals surface area contributed by atoms with Crippen LogP contribution in [0.3, 0.4) is 0 Å². The molecule has 0 radical (unpaired) electrons. The van der Waals surface area contributed by atoms with Crippen molar-refractivity contribution in [3.8, 4) is 5.75 Å². The van der Waals surface area contributed by atoms with E-state index in [0.717, 1.165) is 31.3 Å². The maximum absolute atomic E-state index is 10.9. The van der Waals surface area contributed by atoms with Crippen LogP contribution in [-0.4, -0.2) is 42.3 Å². The number of nitrogens with two attached hydrogens (primary N) is 1. The summed E-state index contributed by atoms with van der Waals surface area (Å²) in [6, 6.07) is 2.96. The van der Waals surface area contributed by atoms with Crippen LogP contribution in [0.5, 0.6) is 5.75 Å². The highest BCUT2D eigenvalue weighted by Gasteiger charge is 2.35. The van der Waals surface area contributed by atoms with Crippen LogP contribution >= 0.6 is 90.4 Å². The second-order valence-corrected chi connectivity index (χ2v) is 11.3. The third kappa shape index (κ3) is 5.66. The van der Waals surface area contributed by atoms with E-state index >= 15 is 0 Å². The van der Waals surface area contributed by atoms with Crippen LogP contribution in [0, 0.1) is 7.14 Å². The number of carbonyl (C=O) groups is 1. The lowest BCUT2D eigenvalue weighted by Gasteiger charge is -2.34. The molecule has 2 rings (SSSR count). The maximum atomic E-state index is 10.9. The Labute approximate surface area is 195 Å². The minimum atomic E-state index is -0.998. The Morgan fingerprint density at radius 1 is 1.25 bits per heavy atom. The number of halogens is 4. The first kappa shape index (κ1) is 21.6. The van der Waals surface area contributed by atoms with E-state index in [1.54, 1.807) is 0 Å². The van der Waals surface area contributed by atoms with Gasteiger partial charge in [-0.1, -0.05) is 45.2 Å². The predicted molar refractivity (Wildman–Crippen MR) is 126 cm³/mol. The molecule has 0 amide bonds. The number of benzene rings is 1. The standard InChI is InChI=1S/C15H17I4NO4/c16-8-4-7(5-9(17)13(8)21)24-14-10(18)1-6(2-11(14)19)3-12(20)15(22)23/h1-2,7-9,12-13,21H,3-5,20H2,(H,22,23)/t7?,8?,9?,12-,13?/m1/s1. The topological polar surface area (TPSA) is 92.8 Å². The van der Waals surface area contributed by atoms with Crippen molar-refractivity contribution in [1.29, 1.82) is 0 Å². The Kier molecular flexibility index (Phi) is 8.56. The Morgan fingerprint density at radius 2 is 1.75 bits per heavy atom. The molecule has 1 fully saturated rings. The number of aliphatic carboxylic acids is 1. The van der Waals surface area contributed by atoms with E-state index in [0.29, 0.717) is 6.42 Å². The van der Waals surface area contributed by atoms with Crippen molar-refractivity contribution < 1.29 is 19.7 Å². The van der Waals surface area contributed by atoms with E-state index in [-0.39, 0.29) is 20.1 Å². The van der Waals surface area contributed by atoms with E-state index in [1.165, 1.54) is 0 Å². The molecule has 1 saturated carbocycles. The molecule has 0 heterocycles. The second kappa shape index (κ2) is 9.50. The van der Waals surface area contributed by atoms with Gasteiger partial charge < -0.3 is 20.7 Å². The van der Waals surface area contributed by atoms with Gasteiger partial charge in [0.1, 0.15) is 17.9 Å². The summed E-state index contributed by atoms with van der Waals surface area (Å²) in [5.41, 5.74) is 6.51. The maximum Gasteiger partial charge on any atom is 0.320 e. The average molecular weight is 783 g/mol. The molecule has 2 unspecified atom stereocenters. The van der Waals surface area contributed by atoms with E-state index in [9.17, 15) is 9.90 Å². The van der Waals surface area contributed by atoms with Gasteiger partial charge in [0.05, 0.1) is 13.2 Å². The number of carboxylic acids is 1. The molecule has 24 heavy (non-hydrogen) atoms. The SMILES string of the molecule is N[C@H](Cc1cc(I)c(OC2CC(I)C(O)C(I)C2)c(I)c1)C(=O)O. The minimum Gasteiger partial charge on any atom is -0.488 e. The predicted octanol–water partition coefficient (Wildman–Crippen LogP) is 3.36. The number of hydrogen-bond acceptors (Lipinski definition) is 4. The first-order chi connectivity index (χ1) is 11.2. The molecule has 9 heteroatoms. The number of rotatable bonds is 5. The zero-order chi connectivity index (χ0) is 18.0. The number of ether oxygens (including phenoxy) is 1. The molecule has 3 atom stereocenters. The molecule has 1 aliphatic carbocycles. The number of hydrogen-bond donors (Lipinski definition) is 3. The Bertz CT molecular complexity index is 580. The van der Waals surface area contributed by atoms with Crippen molar-refractivity contribution in [2.45, 2.75) is 45.4 Å². The number of aliphatic hydroxyl groups is 1. The van der Waals surface area contributed by atoms with Gasteiger partial charge in [-0.15, -0.1) is 0 Å². The Hall–Kier alpha value is 1.33. The fourth-order valence-electron chi connectivity index (χ4n) is 2.55. The molecule has 0 bridgehead atoms. The van der Waals surface area contributed by atoms with Crippen LogP contribution in [0.1, 0.15) is 18.4 Å². The van der Waals surface area contributed by atoms with Gasteiger partial charge in [0.25, 0.3) is 0 Å². The van der Waals surface area contributed by atoms with Crippen LogP contribution in [-0.2, 0) is 11.2 Å². The van der Waals surface area contributed by atoms with Crippen molar-refractivity contribution >= 4 is 96.3 Å². The van der Waals surface area contributed by atoms with Gasteiger partial charge in [0, 0.05) is 7.85 Å². The van der Waals surface area contributed by atoms with Gasteiger partial charge in [-0.2, -0.15) is 0 Å². The van der Waals surface area contributed by atoms with Gasteiger partial charge in [-0.3, -0.25) is 4.79 Å². The fraction of sp³-hybridized carbons (Fsp3) is 0.533. The van der Waals surface area contributed by atoms with Crippen molar-refractivity contribution in [3.05, 3.63) is 24.8 Å². The van der Waals surface area contributed by atoms with E-state index < -0.39 is 12.0 Å². The second-order valence-electron chi connectivity index (χ2n) is 5.77. The summed E-state index contributed by atoms with van der Waals surface area (Å²) in [4.78, 5) is 10.9. The van der Waals surface area contributed by atoms with Gasteiger partial charge in [0.2, 0.25) is 0 Å². The first-order valence-electron chi connectivity index (χ1n) is 7.28. The van der Waals surface area contributed by atoms with Crippen LogP contribution in [0.15, 0.2) is 12.1 Å². The lowest BCUT2D eigenvalue weighted by atomic mass is 9.95. The van der Waals surface area contributed by atoms with E-state index in [4.69, 9.17) is 15.6 Å². The summed E-state index contributed by atoms with van der Waals surface area (Å²) in [6.07, 6.45) is 1.72. The highest BCUT2D eigenvalue weighted by atomic mass is 127. The molecule has 1 aromatic carbocycles.